The molecule has 10 heteroatoms. The smallest absolute Gasteiger partial charge is 0.227 e. The minimum absolute atomic E-state index is 0. The Balaban J connectivity index is 0.00000171. The van der Waals surface area contributed by atoms with Gasteiger partial charge in [-0.05, 0) is 79.8 Å². The van der Waals surface area contributed by atoms with Crippen LogP contribution in [0.15, 0.2) is 30.6 Å². The van der Waals surface area contributed by atoms with Crippen LogP contribution >= 0.6 is 47.4 Å². The lowest BCUT2D eigenvalue weighted by molar-refractivity contribution is 0.410. The topological polar surface area (TPSA) is 93.7 Å². The Hall–Kier alpha value is -1.36. The lowest BCUT2D eigenvalue weighted by Gasteiger charge is -2.27. The highest BCUT2D eigenvalue weighted by molar-refractivity contribution is 14.1. The number of aromatic nitrogens is 4. The van der Waals surface area contributed by atoms with Crippen LogP contribution in [0, 0.1) is 3.57 Å². The Labute approximate surface area is 209 Å². The summed E-state index contributed by atoms with van der Waals surface area (Å²) in [6.07, 6.45) is 6.04. The fourth-order valence-corrected chi connectivity index (χ4v) is 4.37. The average molecular weight is 578 g/mol. The van der Waals surface area contributed by atoms with Gasteiger partial charge in [0.15, 0.2) is 17.0 Å². The quantitative estimate of drug-likeness (QED) is 0.351. The summed E-state index contributed by atoms with van der Waals surface area (Å²) in [6.45, 7) is 4.96. The summed E-state index contributed by atoms with van der Waals surface area (Å²) in [6, 6.07) is 9.42. The minimum Gasteiger partial charge on any atom is -0.364 e. The molecular weight excluding hydrogens is 548 g/mol. The van der Waals surface area contributed by atoms with Gasteiger partial charge < -0.3 is 20.9 Å². The summed E-state index contributed by atoms with van der Waals surface area (Å²) < 4.78 is 3.31. The molecule has 1 aliphatic rings. The van der Waals surface area contributed by atoms with Crippen LogP contribution in [0.2, 0.25) is 0 Å². The summed E-state index contributed by atoms with van der Waals surface area (Å²) in [5.41, 5.74) is 8.93. The fraction of sp³-hybridized carbons (Fsp3) is 0.476. The van der Waals surface area contributed by atoms with Crippen molar-refractivity contribution in [2.75, 3.05) is 10.6 Å². The lowest BCUT2D eigenvalue weighted by atomic mass is 9.92. The van der Waals surface area contributed by atoms with Crippen molar-refractivity contribution in [3.63, 3.8) is 0 Å². The first kappa shape index (κ1) is 25.9. The maximum absolute atomic E-state index is 6.05. The van der Waals surface area contributed by atoms with Crippen LogP contribution < -0.4 is 16.4 Å². The molecule has 31 heavy (non-hydrogen) atoms. The molecule has 2 aromatic heterocycles. The summed E-state index contributed by atoms with van der Waals surface area (Å²) >= 11 is 2.33. The molecule has 0 spiro atoms. The number of nitrogens with one attached hydrogen (secondary N) is 2. The van der Waals surface area contributed by atoms with Crippen molar-refractivity contribution < 1.29 is 0 Å². The van der Waals surface area contributed by atoms with Crippen LogP contribution in [0.3, 0.4) is 0 Å². The van der Waals surface area contributed by atoms with Crippen molar-refractivity contribution in [1.82, 2.24) is 19.5 Å². The van der Waals surface area contributed by atoms with Crippen LogP contribution in [-0.4, -0.2) is 31.6 Å². The zero-order chi connectivity index (χ0) is 20.4. The first-order chi connectivity index (χ1) is 14.0. The second-order valence-electron chi connectivity index (χ2n) is 8.05. The van der Waals surface area contributed by atoms with Crippen LogP contribution in [0.25, 0.3) is 11.2 Å². The SMILES string of the molecule is CC(C)n1cnc2c(NCc3cccc(I)c3)nc(NC3CCC(N)CC3)nc21.Cl.Cl. The monoisotopic (exact) mass is 577 g/mol. The van der Waals surface area contributed by atoms with Crippen molar-refractivity contribution in [1.29, 1.82) is 0 Å². The summed E-state index contributed by atoms with van der Waals surface area (Å²) in [7, 11) is 0. The van der Waals surface area contributed by atoms with Crippen molar-refractivity contribution in [3.05, 3.63) is 39.7 Å². The number of fused-ring (bicyclic) bond motifs is 1. The Morgan fingerprint density at radius 3 is 2.58 bits per heavy atom. The van der Waals surface area contributed by atoms with E-state index >= 15 is 0 Å². The van der Waals surface area contributed by atoms with Crippen LogP contribution in [0.1, 0.15) is 51.1 Å². The second kappa shape index (κ2) is 11.5. The van der Waals surface area contributed by atoms with Gasteiger partial charge in [-0.15, -0.1) is 24.8 Å². The zero-order valence-electron chi connectivity index (χ0n) is 17.7. The number of halogens is 3. The molecule has 0 radical (unpaired) electrons. The van der Waals surface area contributed by atoms with Crippen LogP contribution in [-0.2, 0) is 6.54 Å². The predicted molar refractivity (Wildman–Crippen MR) is 141 cm³/mol. The van der Waals surface area contributed by atoms with Crippen molar-refractivity contribution in [2.45, 2.75) is 64.2 Å². The maximum Gasteiger partial charge on any atom is 0.227 e. The molecule has 0 aliphatic heterocycles. The molecule has 7 nitrogen and oxygen atoms in total. The first-order valence-corrected chi connectivity index (χ1v) is 11.3. The van der Waals surface area contributed by atoms with Gasteiger partial charge >= 0.3 is 0 Å². The van der Waals surface area contributed by atoms with Gasteiger partial charge in [-0.3, -0.25) is 0 Å². The molecule has 4 rings (SSSR count). The Morgan fingerprint density at radius 2 is 1.90 bits per heavy atom. The molecule has 1 aromatic carbocycles. The first-order valence-electron chi connectivity index (χ1n) is 10.2. The number of benzene rings is 1. The molecular formula is C21H30Cl2IN7. The number of nitrogens with zero attached hydrogens (tertiary/aromatic N) is 4. The Bertz CT molecular complexity index is 987. The molecule has 1 saturated carbocycles. The molecule has 0 saturated heterocycles. The molecule has 0 atom stereocenters. The third-order valence-corrected chi connectivity index (χ3v) is 6.10. The number of hydrogen-bond donors (Lipinski definition) is 3. The number of anilines is 2. The van der Waals surface area contributed by atoms with E-state index in [4.69, 9.17) is 15.7 Å². The van der Waals surface area contributed by atoms with E-state index in [-0.39, 0.29) is 30.9 Å². The van der Waals surface area contributed by atoms with Gasteiger partial charge in [0, 0.05) is 28.2 Å². The van der Waals surface area contributed by atoms with E-state index in [9.17, 15) is 0 Å². The molecule has 170 valence electrons. The van der Waals surface area contributed by atoms with Crippen molar-refractivity contribution in [3.8, 4) is 0 Å². The third-order valence-electron chi connectivity index (χ3n) is 5.43. The van der Waals surface area contributed by atoms with Crippen LogP contribution in [0.4, 0.5) is 11.8 Å². The average Bonchev–Trinajstić information content (AvgIpc) is 3.12. The van der Waals surface area contributed by atoms with E-state index < -0.39 is 0 Å². The fourth-order valence-electron chi connectivity index (χ4n) is 3.76. The summed E-state index contributed by atoms with van der Waals surface area (Å²) in [5.74, 6) is 1.42. The Kier molecular flexibility index (Phi) is 9.60. The molecule has 0 amide bonds. The van der Waals surface area contributed by atoms with Crippen molar-refractivity contribution >= 4 is 70.3 Å². The number of imidazole rings is 1. The molecule has 0 unspecified atom stereocenters. The largest absolute Gasteiger partial charge is 0.364 e. The van der Waals surface area contributed by atoms with Crippen molar-refractivity contribution in [2.24, 2.45) is 5.73 Å². The van der Waals surface area contributed by atoms with Gasteiger partial charge in [0.1, 0.15) is 0 Å². The number of rotatable bonds is 6. The summed E-state index contributed by atoms with van der Waals surface area (Å²) in [4.78, 5) is 14.2. The minimum atomic E-state index is 0. The molecule has 4 N–H and O–H groups in total. The zero-order valence-corrected chi connectivity index (χ0v) is 21.5. The predicted octanol–water partition coefficient (Wildman–Crippen LogP) is 5.15. The number of hydrogen-bond acceptors (Lipinski definition) is 6. The van der Waals surface area contributed by atoms with Crippen LogP contribution in [0.5, 0.6) is 0 Å². The summed E-state index contributed by atoms with van der Waals surface area (Å²) in [5, 5.41) is 7.01. The molecule has 1 aliphatic carbocycles. The van der Waals surface area contributed by atoms with E-state index in [1.807, 2.05) is 6.33 Å². The third kappa shape index (κ3) is 6.34. The standard InChI is InChI=1S/C21H28IN7.2ClH/c1-13(2)29-12-25-18-19(24-11-14-4-3-5-15(22)10-14)27-21(28-20(18)29)26-17-8-6-16(23)7-9-17;;/h3-5,10,12-13,16-17H,6-9,11,23H2,1-2H3,(H2,24,26,27,28);2*1H. The lowest BCUT2D eigenvalue weighted by Crippen LogP contribution is -2.33. The molecule has 2 heterocycles. The highest BCUT2D eigenvalue weighted by Crippen LogP contribution is 2.26. The van der Waals surface area contributed by atoms with Gasteiger partial charge in [0.2, 0.25) is 5.95 Å². The highest BCUT2D eigenvalue weighted by Gasteiger charge is 2.21. The Morgan fingerprint density at radius 1 is 1.16 bits per heavy atom. The highest BCUT2D eigenvalue weighted by atomic mass is 127. The molecule has 3 aromatic rings. The van der Waals surface area contributed by atoms with Gasteiger partial charge in [0.25, 0.3) is 0 Å². The van der Waals surface area contributed by atoms with E-state index in [1.54, 1.807) is 0 Å². The molecule has 0 bridgehead atoms. The van der Waals surface area contributed by atoms with Gasteiger partial charge in [-0.1, -0.05) is 12.1 Å². The van der Waals surface area contributed by atoms with E-state index in [2.05, 4.69) is 80.9 Å². The van der Waals surface area contributed by atoms with E-state index in [0.29, 0.717) is 24.6 Å². The maximum atomic E-state index is 6.05. The van der Waals surface area contributed by atoms with Gasteiger partial charge in [0.05, 0.1) is 6.33 Å². The molecule has 1 fully saturated rings. The van der Waals surface area contributed by atoms with Gasteiger partial charge in [-0.25, -0.2) is 4.98 Å². The van der Waals surface area contributed by atoms with Gasteiger partial charge in [-0.2, -0.15) is 9.97 Å². The second-order valence-corrected chi connectivity index (χ2v) is 9.30. The number of nitrogens with two attached hydrogens (primary N) is 1. The normalized spacial score (nSPS) is 18.4. The van der Waals surface area contributed by atoms with E-state index in [0.717, 1.165) is 42.7 Å². The van der Waals surface area contributed by atoms with E-state index in [1.165, 1.54) is 9.13 Å².